The monoisotopic (exact) mass is 285 g/mol. The Morgan fingerprint density at radius 2 is 1.57 bits per heavy atom. The van der Waals surface area contributed by atoms with Crippen molar-refractivity contribution in [2.45, 2.75) is 13.3 Å². The number of anilines is 1. The van der Waals surface area contributed by atoms with Crippen LogP contribution in [0.15, 0.2) is 42.5 Å². The van der Waals surface area contributed by atoms with Crippen LogP contribution in [0.1, 0.15) is 22.8 Å². The van der Waals surface area contributed by atoms with Crippen molar-refractivity contribution in [3.05, 3.63) is 53.6 Å². The zero-order valence-corrected chi connectivity index (χ0v) is 12.5. The van der Waals surface area contributed by atoms with Gasteiger partial charge in [-0.3, -0.25) is 4.79 Å². The maximum Gasteiger partial charge on any atom is 0.263 e. The van der Waals surface area contributed by atoms with Gasteiger partial charge in [-0.15, -0.1) is 0 Å². The van der Waals surface area contributed by atoms with Gasteiger partial charge < -0.3 is 14.8 Å². The van der Waals surface area contributed by atoms with E-state index in [1.165, 1.54) is 19.8 Å². The molecule has 0 spiro atoms. The van der Waals surface area contributed by atoms with E-state index in [0.29, 0.717) is 17.1 Å². The van der Waals surface area contributed by atoms with Crippen LogP contribution in [-0.4, -0.2) is 20.1 Å². The van der Waals surface area contributed by atoms with Crippen molar-refractivity contribution < 1.29 is 14.3 Å². The van der Waals surface area contributed by atoms with Gasteiger partial charge in [0.2, 0.25) is 0 Å². The highest BCUT2D eigenvalue weighted by molar-refractivity contribution is 6.08. The van der Waals surface area contributed by atoms with Gasteiger partial charge >= 0.3 is 0 Å². The van der Waals surface area contributed by atoms with Crippen molar-refractivity contribution in [2.75, 3.05) is 19.5 Å². The maximum absolute atomic E-state index is 12.5. The fourth-order valence-electron chi connectivity index (χ4n) is 2.09. The van der Waals surface area contributed by atoms with E-state index in [-0.39, 0.29) is 5.91 Å². The summed E-state index contributed by atoms with van der Waals surface area (Å²) in [5, 5.41) is 2.86. The van der Waals surface area contributed by atoms with Gasteiger partial charge in [0.1, 0.15) is 17.1 Å². The molecule has 0 aliphatic heterocycles. The molecule has 2 aromatic rings. The van der Waals surface area contributed by atoms with Crippen LogP contribution in [0.5, 0.6) is 11.5 Å². The van der Waals surface area contributed by atoms with Crippen molar-refractivity contribution >= 4 is 11.6 Å². The minimum absolute atomic E-state index is 0.256. The summed E-state index contributed by atoms with van der Waals surface area (Å²) in [6.07, 6.45) is 0.967. The molecule has 0 aromatic heterocycles. The number of methoxy groups -OCH3 is 2. The Labute approximate surface area is 124 Å². The molecular formula is C17H19NO3. The molecule has 0 saturated heterocycles. The molecule has 4 nitrogen and oxygen atoms in total. The van der Waals surface area contributed by atoms with Gasteiger partial charge in [-0.1, -0.05) is 25.1 Å². The number of ether oxygens (including phenoxy) is 2. The molecule has 0 aliphatic rings. The van der Waals surface area contributed by atoms with Crippen molar-refractivity contribution in [1.82, 2.24) is 0 Å². The molecule has 1 amide bonds. The van der Waals surface area contributed by atoms with Crippen molar-refractivity contribution in [3.63, 3.8) is 0 Å². The van der Waals surface area contributed by atoms with Crippen LogP contribution in [-0.2, 0) is 6.42 Å². The number of carbonyl (C=O) groups excluding carboxylic acids is 1. The van der Waals surface area contributed by atoms with E-state index >= 15 is 0 Å². The zero-order chi connectivity index (χ0) is 15.2. The fraction of sp³-hybridized carbons (Fsp3) is 0.235. The molecule has 2 rings (SSSR count). The number of nitrogens with one attached hydrogen (secondary N) is 1. The first kappa shape index (κ1) is 14.9. The van der Waals surface area contributed by atoms with Crippen molar-refractivity contribution in [3.8, 4) is 11.5 Å². The third-order valence-corrected chi connectivity index (χ3v) is 3.27. The quantitative estimate of drug-likeness (QED) is 0.914. The lowest BCUT2D eigenvalue weighted by molar-refractivity contribution is 0.102. The number of benzene rings is 2. The SMILES string of the molecule is CCc1ccc(NC(=O)c2c(OC)cccc2OC)cc1. The molecule has 0 heterocycles. The van der Waals surface area contributed by atoms with Crippen LogP contribution < -0.4 is 14.8 Å². The molecule has 4 heteroatoms. The molecule has 2 aromatic carbocycles. The Balaban J connectivity index is 2.27. The second-order valence-electron chi connectivity index (χ2n) is 4.54. The third kappa shape index (κ3) is 3.34. The Hall–Kier alpha value is -2.49. The van der Waals surface area contributed by atoms with Crippen molar-refractivity contribution in [1.29, 1.82) is 0 Å². The maximum atomic E-state index is 12.5. The smallest absolute Gasteiger partial charge is 0.263 e. The highest BCUT2D eigenvalue weighted by Crippen LogP contribution is 2.29. The van der Waals surface area contributed by atoms with E-state index in [1.807, 2.05) is 24.3 Å². The van der Waals surface area contributed by atoms with Gasteiger partial charge in [0.15, 0.2) is 0 Å². The number of hydrogen-bond acceptors (Lipinski definition) is 3. The highest BCUT2D eigenvalue weighted by atomic mass is 16.5. The van der Waals surface area contributed by atoms with Gasteiger partial charge in [-0.05, 0) is 36.2 Å². The normalized spacial score (nSPS) is 10.0. The van der Waals surface area contributed by atoms with E-state index in [1.54, 1.807) is 18.2 Å². The van der Waals surface area contributed by atoms with E-state index in [4.69, 9.17) is 9.47 Å². The molecule has 0 unspecified atom stereocenters. The molecule has 110 valence electrons. The number of carbonyl (C=O) groups is 1. The summed E-state index contributed by atoms with van der Waals surface area (Å²) in [5.41, 5.74) is 2.36. The predicted molar refractivity (Wildman–Crippen MR) is 83.3 cm³/mol. The van der Waals surface area contributed by atoms with E-state index in [9.17, 15) is 4.79 Å². The molecule has 0 radical (unpaired) electrons. The Morgan fingerprint density at radius 3 is 2.05 bits per heavy atom. The number of amides is 1. The summed E-state index contributed by atoms with van der Waals surface area (Å²) in [6.45, 7) is 2.09. The third-order valence-electron chi connectivity index (χ3n) is 3.27. The van der Waals surface area contributed by atoms with Crippen LogP contribution in [0.25, 0.3) is 0 Å². The summed E-state index contributed by atoms with van der Waals surface area (Å²) in [4.78, 5) is 12.5. The molecule has 21 heavy (non-hydrogen) atoms. The zero-order valence-electron chi connectivity index (χ0n) is 12.5. The van der Waals surface area contributed by atoms with Crippen LogP contribution in [0.2, 0.25) is 0 Å². The molecule has 0 atom stereocenters. The Bertz CT molecular complexity index is 598. The fourth-order valence-corrected chi connectivity index (χ4v) is 2.09. The summed E-state index contributed by atoms with van der Waals surface area (Å²) in [7, 11) is 3.06. The molecule has 0 bridgehead atoms. The van der Waals surface area contributed by atoms with Crippen LogP contribution in [0.4, 0.5) is 5.69 Å². The number of hydrogen-bond donors (Lipinski definition) is 1. The predicted octanol–water partition coefficient (Wildman–Crippen LogP) is 3.52. The molecule has 0 saturated carbocycles. The first-order valence-corrected chi connectivity index (χ1v) is 6.80. The topological polar surface area (TPSA) is 47.6 Å². The lowest BCUT2D eigenvalue weighted by atomic mass is 10.1. The Kier molecular flexibility index (Phi) is 4.82. The minimum Gasteiger partial charge on any atom is -0.496 e. The lowest BCUT2D eigenvalue weighted by Gasteiger charge is -2.13. The molecular weight excluding hydrogens is 266 g/mol. The minimum atomic E-state index is -0.256. The summed E-state index contributed by atoms with van der Waals surface area (Å²) < 4.78 is 10.5. The summed E-state index contributed by atoms with van der Waals surface area (Å²) in [5.74, 6) is 0.711. The van der Waals surface area contributed by atoms with Gasteiger partial charge in [-0.25, -0.2) is 0 Å². The number of aryl methyl sites for hydroxylation is 1. The average Bonchev–Trinajstić information content (AvgIpc) is 2.54. The van der Waals surface area contributed by atoms with Crippen LogP contribution in [0, 0.1) is 0 Å². The van der Waals surface area contributed by atoms with Gasteiger partial charge in [0, 0.05) is 5.69 Å². The van der Waals surface area contributed by atoms with Gasteiger partial charge in [-0.2, -0.15) is 0 Å². The first-order chi connectivity index (χ1) is 10.2. The standard InChI is InChI=1S/C17H19NO3/c1-4-12-8-10-13(11-9-12)18-17(19)16-14(20-2)6-5-7-15(16)21-3/h5-11H,4H2,1-3H3,(H,18,19). The van der Waals surface area contributed by atoms with E-state index < -0.39 is 0 Å². The van der Waals surface area contributed by atoms with E-state index in [0.717, 1.165) is 12.1 Å². The largest absolute Gasteiger partial charge is 0.496 e. The molecule has 1 N–H and O–H groups in total. The molecule has 0 aliphatic carbocycles. The highest BCUT2D eigenvalue weighted by Gasteiger charge is 2.18. The number of rotatable bonds is 5. The van der Waals surface area contributed by atoms with Crippen LogP contribution in [0.3, 0.4) is 0 Å². The second kappa shape index (κ2) is 6.79. The second-order valence-corrected chi connectivity index (χ2v) is 4.54. The first-order valence-electron chi connectivity index (χ1n) is 6.80. The van der Waals surface area contributed by atoms with Crippen molar-refractivity contribution in [2.24, 2.45) is 0 Å². The van der Waals surface area contributed by atoms with Gasteiger partial charge in [0.05, 0.1) is 14.2 Å². The van der Waals surface area contributed by atoms with E-state index in [2.05, 4.69) is 12.2 Å². The lowest BCUT2D eigenvalue weighted by Crippen LogP contribution is -2.14. The Morgan fingerprint density at radius 1 is 1.00 bits per heavy atom. The molecule has 0 fully saturated rings. The van der Waals surface area contributed by atoms with Gasteiger partial charge in [0.25, 0.3) is 5.91 Å². The summed E-state index contributed by atoms with van der Waals surface area (Å²) >= 11 is 0. The average molecular weight is 285 g/mol. The summed E-state index contributed by atoms with van der Waals surface area (Å²) in [6, 6.07) is 13.0. The van der Waals surface area contributed by atoms with Crippen LogP contribution >= 0.6 is 0 Å².